The lowest BCUT2D eigenvalue weighted by Crippen LogP contribution is -2.49. The lowest BCUT2D eigenvalue weighted by atomic mass is 9.69. The first kappa shape index (κ1) is 14.8. The maximum atomic E-state index is 11.5. The smallest absolute Gasteiger partial charge is 0.314 e. The number of hydrogen-bond donors (Lipinski definition) is 3. The summed E-state index contributed by atoms with van der Waals surface area (Å²) in [6, 6.07) is -0.251. The first-order valence-corrected chi connectivity index (χ1v) is 6.86. The third-order valence-corrected chi connectivity index (χ3v) is 3.67. The summed E-state index contributed by atoms with van der Waals surface area (Å²) < 4.78 is 0. The quantitative estimate of drug-likeness (QED) is 0.582. The predicted octanol–water partition coefficient (Wildman–Crippen LogP) is 2.12. The van der Waals surface area contributed by atoms with Crippen molar-refractivity contribution in [3.05, 3.63) is 0 Å². The Bertz CT molecular complexity index is 288. The van der Waals surface area contributed by atoms with Crippen LogP contribution in [0.4, 0.5) is 4.79 Å². The monoisotopic (exact) mass is 256 g/mol. The topological polar surface area (TPSA) is 78.4 Å². The standard InChI is InChI=1S/C13H24N2O3/c1-2-3-4-5-9-14-12(18)15-10-13(11(16)17)7-6-8-13/h2-10H2,1H3,(H,16,17)(H2,14,15,18). The van der Waals surface area contributed by atoms with Gasteiger partial charge in [0.15, 0.2) is 0 Å². The molecule has 18 heavy (non-hydrogen) atoms. The SMILES string of the molecule is CCCCCCNC(=O)NCC1(C(=O)O)CCC1. The second-order valence-electron chi connectivity index (χ2n) is 5.11. The molecule has 0 bridgehead atoms. The van der Waals surface area contributed by atoms with E-state index in [1.54, 1.807) is 0 Å². The highest BCUT2D eigenvalue weighted by atomic mass is 16.4. The van der Waals surface area contributed by atoms with Crippen LogP contribution in [0.1, 0.15) is 51.9 Å². The highest BCUT2D eigenvalue weighted by molar-refractivity contribution is 5.78. The normalized spacial score (nSPS) is 16.7. The Balaban J connectivity index is 2.11. The summed E-state index contributed by atoms with van der Waals surface area (Å²) in [6.45, 7) is 3.04. The Morgan fingerprint density at radius 1 is 1.17 bits per heavy atom. The molecule has 0 radical (unpaired) electrons. The largest absolute Gasteiger partial charge is 0.481 e. The predicted molar refractivity (Wildman–Crippen MR) is 69.5 cm³/mol. The molecule has 0 aromatic heterocycles. The Morgan fingerprint density at radius 2 is 1.89 bits per heavy atom. The number of hydrogen-bond acceptors (Lipinski definition) is 2. The van der Waals surface area contributed by atoms with Gasteiger partial charge in [-0.05, 0) is 19.3 Å². The molecule has 3 N–H and O–H groups in total. The molecule has 0 aliphatic heterocycles. The molecule has 1 aliphatic carbocycles. The lowest BCUT2D eigenvalue weighted by molar-refractivity contribution is -0.153. The van der Waals surface area contributed by atoms with E-state index in [4.69, 9.17) is 5.11 Å². The van der Waals surface area contributed by atoms with E-state index in [1.165, 1.54) is 12.8 Å². The van der Waals surface area contributed by atoms with Gasteiger partial charge in [-0.15, -0.1) is 0 Å². The van der Waals surface area contributed by atoms with Gasteiger partial charge in [0.2, 0.25) is 0 Å². The van der Waals surface area contributed by atoms with Crippen LogP contribution in [-0.2, 0) is 4.79 Å². The molecule has 0 aromatic rings. The van der Waals surface area contributed by atoms with Crippen molar-refractivity contribution in [1.29, 1.82) is 0 Å². The summed E-state index contributed by atoms with van der Waals surface area (Å²) in [5.74, 6) is -0.794. The van der Waals surface area contributed by atoms with Crippen molar-refractivity contribution in [2.45, 2.75) is 51.9 Å². The molecule has 5 nitrogen and oxygen atoms in total. The van der Waals surface area contributed by atoms with Crippen LogP contribution in [0.2, 0.25) is 0 Å². The fourth-order valence-electron chi connectivity index (χ4n) is 2.14. The van der Waals surface area contributed by atoms with Crippen molar-refractivity contribution in [3.8, 4) is 0 Å². The van der Waals surface area contributed by atoms with Gasteiger partial charge in [-0.25, -0.2) is 4.79 Å². The third kappa shape index (κ3) is 4.20. The Morgan fingerprint density at radius 3 is 2.39 bits per heavy atom. The van der Waals surface area contributed by atoms with Crippen LogP contribution in [0, 0.1) is 5.41 Å². The number of rotatable bonds is 8. The van der Waals surface area contributed by atoms with E-state index in [2.05, 4.69) is 17.6 Å². The van der Waals surface area contributed by atoms with E-state index in [-0.39, 0.29) is 12.6 Å². The van der Waals surface area contributed by atoms with E-state index in [0.717, 1.165) is 19.3 Å². The van der Waals surface area contributed by atoms with Crippen LogP contribution in [0.25, 0.3) is 0 Å². The first-order valence-electron chi connectivity index (χ1n) is 6.86. The highest BCUT2D eigenvalue weighted by Gasteiger charge is 2.44. The summed E-state index contributed by atoms with van der Waals surface area (Å²) in [6.07, 6.45) is 6.73. The molecule has 1 aliphatic rings. The maximum Gasteiger partial charge on any atom is 0.314 e. The van der Waals surface area contributed by atoms with Crippen molar-refractivity contribution in [2.75, 3.05) is 13.1 Å². The van der Waals surface area contributed by atoms with Crippen molar-refractivity contribution in [2.24, 2.45) is 5.41 Å². The average molecular weight is 256 g/mol. The van der Waals surface area contributed by atoms with Gasteiger partial charge >= 0.3 is 12.0 Å². The van der Waals surface area contributed by atoms with Crippen molar-refractivity contribution < 1.29 is 14.7 Å². The number of carbonyl (C=O) groups is 2. The second kappa shape index (κ2) is 7.24. The van der Waals surface area contributed by atoms with E-state index in [1.807, 2.05) is 0 Å². The fraction of sp³-hybridized carbons (Fsp3) is 0.846. The van der Waals surface area contributed by atoms with E-state index in [9.17, 15) is 9.59 Å². The van der Waals surface area contributed by atoms with Gasteiger partial charge in [-0.3, -0.25) is 4.79 Å². The average Bonchev–Trinajstić information content (AvgIpc) is 2.27. The number of urea groups is 1. The van der Waals surface area contributed by atoms with Crippen LogP contribution in [0.15, 0.2) is 0 Å². The zero-order valence-electron chi connectivity index (χ0n) is 11.1. The number of amides is 2. The summed E-state index contributed by atoms with van der Waals surface area (Å²) >= 11 is 0. The molecular weight excluding hydrogens is 232 g/mol. The van der Waals surface area contributed by atoms with Gasteiger partial charge in [-0.2, -0.15) is 0 Å². The Kier molecular flexibility index (Phi) is 5.95. The van der Waals surface area contributed by atoms with Crippen molar-refractivity contribution in [3.63, 3.8) is 0 Å². The second-order valence-corrected chi connectivity index (χ2v) is 5.11. The Hall–Kier alpha value is -1.26. The Labute approximate surface area is 108 Å². The molecule has 1 rings (SSSR count). The van der Waals surface area contributed by atoms with Gasteiger partial charge in [0, 0.05) is 13.1 Å². The van der Waals surface area contributed by atoms with Gasteiger partial charge in [0.25, 0.3) is 0 Å². The van der Waals surface area contributed by atoms with Crippen LogP contribution in [0.5, 0.6) is 0 Å². The zero-order valence-corrected chi connectivity index (χ0v) is 11.1. The number of carboxylic acids is 1. The van der Waals surface area contributed by atoms with E-state index < -0.39 is 11.4 Å². The fourth-order valence-corrected chi connectivity index (χ4v) is 2.14. The number of carbonyl (C=O) groups excluding carboxylic acids is 1. The number of carboxylic acid groups (broad SMARTS) is 1. The van der Waals surface area contributed by atoms with E-state index >= 15 is 0 Å². The zero-order chi connectivity index (χ0) is 13.4. The molecule has 1 saturated carbocycles. The number of aliphatic carboxylic acids is 1. The summed E-state index contributed by atoms with van der Waals surface area (Å²) in [7, 11) is 0. The molecule has 0 heterocycles. The van der Waals surface area contributed by atoms with Crippen LogP contribution in [0.3, 0.4) is 0 Å². The van der Waals surface area contributed by atoms with Crippen molar-refractivity contribution >= 4 is 12.0 Å². The minimum atomic E-state index is -0.794. The number of nitrogens with one attached hydrogen (secondary N) is 2. The molecule has 0 atom stereocenters. The van der Waals surface area contributed by atoms with Gasteiger partial charge in [0.05, 0.1) is 5.41 Å². The first-order chi connectivity index (χ1) is 8.60. The maximum absolute atomic E-state index is 11.5. The van der Waals surface area contributed by atoms with E-state index in [0.29, 0.717) is 19.4 Å². The molecule has 0 unspecified atom stereocenters. The molecule has 2 amide bonds. The van der Waals surface area contributed by atoms with Gasteiger partial charge < -0.3 is 15.7 Å². The minimum absolute atomic E-state index is 0.239. The summed E-state index contributed by atoms with van der Waals surface area (Å²) in [5.41, 5.74) is -0.709. The van der Waals surface area contributed by atoms with Crippen LogP contribution >= 0.6 is 0 Å². The van der Waals surface area contributed by atoms with Crippen LogP contribution < -0.4 is 10.6 Å². The lowest BCUT2D eigenvalue weighted by Gasteiger charge is -2.37. The summed E-state index contributed by atoms with van der Waals surface area (Å²) in [4.78, 5) is 22.5. The van der Waals surface area contributed by atoms with Crippen LogP contribution in [-0.4, -0.2) is 30.2 Å². The highest BCUT2D eigenvalue weighted by Crippen LogP contribution is 2.40. The molecular formula is C13H24N2O3. The minimum Gasteiger partial charge on any atom is -0.481 e. The molecule has 0 saturated heterocycles. The molecule has 0 spiro atoms. The van der Waals surface area contributed by atoms with Gasteiger partial charge in [-0.1, -0.05) is 32.6 Å². The number of unbranched alkanes of at least 4 members (excludes halogenated alkanes) is 3. The van der Waals surface area contributed by atoms with Gasteiger partial charge in [0.1, 0.15) is 0 Å². The molecule has 5 heteroatoms. The summed E-state index contributed by atoms with van der Waals surface area (Å²) in [5, 5.41) is 14.5. The third-order valence-electron chi connectivity index (χ3n) is 3.67. The van der Waals surface area contributed by atoms with Crippen molar-refractivity contribution in [1.82, 2.24) is 10.6 Å². The molecule has 104 valence electrons. The molecule has 1 fully saturated rings. The molecule has 0 aromatic carbocycles.